The molecule has 1 saturated heterocycles. The van der Waals surface area contributed by atoms with Gasteiger partial charge in [0, 0.05) is 13.1 Å². The number of benzene rings is 1. The second-order valence-electron chi connectivity index (χ2n) is 6.45. The Kier molecular flexibility index (Phi) is 5.46. The van der Waals surface area contributed by atoms with Crippen LogP contribution < -0.4 is 5.32 Å². The van der Waals surface area contributed by atoms with Crippen molar-refractivity contribution in [2.45, 2.75) is 38.4 Å². The summed E-state index contributed by atoms with van der Waals surface area (Å²) >= 11 is 0. The number of nitrogens with zero attached hydrogens (tertiary/aromatic N) is 1. The molecule has 1 N–H and O–H groups in total. The van der Waals surface area contributed by atoms with Crippen LogP contribution >= 0.6 is 0 Å². The number of nitrogens with one attached hydrogen (secondary N) is 1. The van der Waals surface area contributed by atoms with Gasteiger partial charge >= 0.3 is 0 Å². The van der Waals surface area contributed by atoms with Crippen molar-refractivity contribution in [1.82, 2.24) is 10.2 Å². The summed E-state index contributed by atoms with van der Waals surface area (Å²) in [6.07, 6.45) is 4.82. The lowest BCUT2D eigenvalue weighted by Crippen LogP contribution is -2.44. The lowest BCUT2D eigenvalue weighted by atomic mass is 10.1. The quantitative estimate of drug-likeness (QED) is 0.839. The first-order valence-electron chi connectivity index (χ1n) is 8.45. The summed E-state index contributed by atoms with van der Waals surface area (Å²) in [6.45, 7) is 3.81. The molecule has 2 fully saturated rings. The first-order chi connectivity index (χ1) is 10.8. The summed E-state index contributed by atoms with van der Waals surface area (Å²) in [5.41, 5.74) is 1.21. The van der Waals surface area contributed by atoms with Gasteiger partial charge in [0.2, 0.25) is 5.91 Å². The van der Waals surface area contributed by atoms with Crippen LogP contribution in [0.1, 0.15) is 31.2 Å². The smallest absolute Gasteiger partial charge is 0.236 e. The van der Waals surface area contributed by atoms with Crippen molar-refractivity contribution in [3.63, 3.8) is 0 Å². The van der Waals surface area contributed by atoms with Gasteiger partial charge < -0.3 is 15.0 Å². The van der Waals surface area contributed by atoms with Crippen molar-refractivity contribution in [2.24, 2.45) is 5.92 Å². The van der Waals surface area contributed by atoms with E-state index in [9.17, 15) is 4.79 Å². The van der Waals surface area contributed by atoms with Crippen LogP contribution in [0.15, 0.2) is 30.3 Å². The fourth-order valence-corrected chi connectivity index (χ4v) is 2.88. The van der Waals surface area contributed by atoms with E-state index in [0.29, 0.717) is 13.2 Å². The number of amides is 1. The minimum atomic E-state index is 0.238. The SMILES string of the molecule is O=C(CNCC1CC1)N1CCC(OCc2ccccc2)CC1. The highest BCUT2D eigenvalue weighted by molar-refractivity contribution is 5.78. The van der Waals surface area contributed by atoms with Gasteiger partial charge in [-0.1, -0.05) is 30.3 Å². The van der Waals surface area contributed by atoms with Gasteiger partial charge in [-0.25, -0.2) is 0 Å². The molecule has 3 rings (SSSR count). The van der Waals surface area contributed by atoms with E-state index in [1.54, 1.807) is 0 Å². The number of hydrogen-bond donors (Lipinski definition) is 1. The Labute approximate surface area is 132 Å². The molecular weight excluding hydrogens is 276 g/mol. The largest absolute Gasteiger partial charge is 0.373 e. The van der Waals surface area contributed by atoms with Crippen molar-refractivity contribution in [1.29, 1.82) is 0 Å². The number of ether oxygens (including phenoxy) is 1. The summed E-state index contributed by atoms with van der Waals surface area (Å²) in [5, 5.41) is 3.28. The molecule has 120 valence electrons. The molecule has 1 amide bonds. The maximum absolute atomic E-state index is 12.1. The molecule has 0 spiro atoms. The zero-order chi connectivity index (χ0) is 15.2. The van der Waals surface area contributed by atoms with E-state index < -0.39 is 0 Å². The predicted octanol–water partition coefficient (Wildman–Crippen LogP) is 2.19. The molecule has 0 aromatic heterocycles. The van der Waals surface area contributed by atoms with Crippen LogP contribution in [0, 0.1) is 5.92 Å². The number of rotatable bonds is 7. The zero-order valence-corrected chi connectivity index (χ0v) is 13.2. The van der Waals surface area contributed by atoms with Crippen LogP contribution in [0.3, 0.4) is 0 Å². The van der Waals surface area contributed by atoms with Crippen LogP contribution in [0.5, 0.6) is 0 Å². The molecule has 1 saturated carbocycles. The van der Waals surface area contributed by atoms with E-state index in [-0.39, 0.29) is 12.0 Å². The average Bonchev–Trinajstić information content (AvgIpc) is 3.38. The summed E-state index contributed by atoms with van der Waals surface area (Å²) in [4.78, 5) is 14.1. The Morgan fingerprint density at radius 1 is 1.14 bits per heavy atom. The first kappa shape index (κ1) is 15.5. The van der Waals surface area contributed by atoms with Crippen molar-refractivity contribution >= 4 is 5.91 Å². The third-order valence-electron chi connectivity index (χ3n) is 4.53. The number of likely N-dealkylation sites (tertiary alicyclic amines) is 1. The maximum atomic E-state index is 12.1. The molecule has 0 radical (unpaired) electrons. The lowest BCUT2D eigenvalue weighted by Gasteiger charge is -2.32. The number of hydrogen-bond acceptors (Lipinski definition) is 3. The van der Waals surface area contributed by atoms with Crippen LogP contribution in [0.25, 0.3) is 0 Å². The van der Waals surface area contributed by atoms with Crippen molar-refractivity contribution in [3.8, 4) is 0 Å². The van der Waals surface area contributed by atoms with Gasteiger partial charge in [0.1, 0.15) is 0 Å². The molecule has 0 atom stereocenters. The van der Waals surface area contributed by atoms with Gasteiger partial charge in [-0.05, 0) is 43.7 Å². The topological polar surface area (TPSA) is 41.6 Å². The van der Waals surface area contributed by atoms with E-state index in [1.165, 1.54) is 18.4 Å². The highest BCUT2D eigenvalue weighted by Crippen LogP contribution is 2.27. The molecule has 4 nitrogen and oxygen atoms in total. The number of piperidine rings is 1. The van der Waals surface area contributed by atoms with E-state index in [2.05, 4.69) is 17.4 Å². The molecule has 0 unspecified atom stereocenters. The van der Waals surface area contributed by atoms with Crippen molar-refractivity contribution < 1.29 is 9.53 Å². The molecular formula is C18H26N2O2. The molecule has 2 aliphatic rings. The monoisotopic (exact) mass is 302 g/mol. The van der Waals surface area contributed by atoms with Gasteiger partial charge in [0.05, 0.1) is 19.3 Å². The number of carbonyl (C=O) groups is 1. The molecule has 22 heavy (non-hydrogen) atoms. The van der Waals surface area contributed by atoms with Crippen LogP contribution in [-0.2, 0) is 16.1 Å². The van der Waals surface area contributed by atoms with Crippen LogP contribution in [0.4, 0.5) is 0 Å². The fraction of sp³-hybridized carbons (Fsp3) is 0.611. The van der Waals surface area contributed by atoms with E-state index >= 15 is 0 Å². The summed E-state index contributed by atoms with van der Waals surface area (Å²) in [5.74, 6) is 1.06. The van der Waals surface area contributed by atoms with Gasteiger partial charge in [-0.15, -0.1) is 0 Å². The minimum Gasteiger partial charge on any atom is -0.373 e. The molecule has 4 heteroatoms. The van der Waals surface area contributed by atoms with E-state index in [1.807, 2.05) is 23.1 Å². The maximum Gasteiger partial charge on any atom is 0.236 e. The zero-order valence-electron chi connectivity index (χ0n) is 13.2. The third-order valence-corrected chi connectivity index (χ3v) is 4.53. The number of carbonyl (C=O) groups excluding carboxylic acids is 1. The molecule has 1 aliphatic heterocycles. The first-order valence-corrected chi connectivity index (χ1v) is 8.45. The van der Waals surface area contributed by atoms with Gasteiger partial charge in [0.25, 0.3) is 0 Å². The summed E-state index contributed by atoms with van der Waals surface area (Å²) in [6, 6.07) is 10.3. The predicted molar refractivity (Wildman–Crippen MR) is 86.4 cm³/mol. The lowest BCUT2D eigenvalue weighted by molar-refractivity contribution is -0.133. The Balaban J connectivity index is 1.32. The van der Waals surface area contributed by atoms with Gasteiger partial charge in [-0.2, -0.15) is 0 Å². The molecule has 1 aromatic rings. The van der Waals surface area contributed by atoms with E-state index in [0.717, 1.165) is 38.4 Å². The standard InChI is InChI=1S/C18H26N2O2/c21-18(13-19-12-15-6-7-15)20-10-8-17(9-11-20)22-14-16-4-2-1-3-5-16/h1-5,15,17,19H,6-14H2. The van der Waals surface area contributed by atoms with Crippen molar-refractivity contribution in [3.05, 3.63) is 35.9 Å². The highest BCUT2D eigenvalue weighted by atomic mass is 16.5. The van der Waals surface area contributed by atoms with Crippen LogP contribution in [0.2, 0.25) is 0 Å². The normalized spacial score (nSPS) is 19.4. The molecule has 0 bridgehead atoms. The summed E-state index contributed by atoms with van der Waals surface area (Å²) in [7, 11) is 0. The van der Waals surface area contributed by atoms with Crippen molar-refractivity contribution in [2.75, 3.05) is 26.2 Å². The Morgan fingerprint density at radius 3 is 2.55 bits per heavy atom. The second kappa shape index (κ2) is 7.75. The molecule has 1 aliphatic carbocycles. The summed E-state index contributed by atoms with van der Waals surface area (Å²) < 4.78 is 5.96. The highest BCUT2D eigenvalue weighted by Gasteiger charge is 2.24. The van der Waals surface area contributed by atoms with Gasteiger partial charge in [-0.3, -0.25) is 4.79 Å². The Hall–Kier alpha value is -1.39. The van der Waals surface area contributed by atoms with Crippen LogP contribution in [-0.4, -0.2) is 43.1 Å². The van der Waals surface area contributed by atoms with Gasteiger partial charge in [0.15, 0.2) is 0 Å². The third kappa shape index (κ3) is 4.82. The molecule has 1 heterocycles. The fourth-order valence-electron chi connectivity index (χ4n) is 2.88. The minimum absolute atomic E-state index is 0.238. The van der Waals surface area contributed by atoms with E-state index in [4.69, 9.17) is 4.74 Å². The second-order valence-corrected chi connectivity index (χ2v) is 6.45. The molecule has 1 aromatic carbocycles. The average molecular weight is 302 g/mol. The Bertz CT molecular complexity index is 465. The Morgan fingerprint density at radius 2 is 1.86 bits per heavy atom.